The highest BCUT2D eigenvalue weighted by atomic mass is 19.1. The van der Waals surface area contributed by atoms with Crippen molar-refractivity contribution >= 4 is 6.08 Å². The number of rotatable bonds is 6. The van der Waals surface area contributed by atoms with Crippen molar-refractivity contribution in [2.75, 3.05) is 26.7 Å². The lowest BCUT2D eigenvalue weighted by Crippen LogP contribution is -2.29. The second-order valence-electron chi connectivity index (χ2n) is 7.19. The smallest absolute Gasteiger partial charge is 0.133 e. The number of likely N-dealkylation sites (N-methyl/N-ethyl adjacent to an activating group) is 1. The van der Waals surface area contributed by atoms with Gasteiger partial charge >= 0.3 is 0 Å². The van der Waals surface area contributed by atoms with Gasteiger partial charge in [0.1, 0.15) is 11.6 Å². The van der Waals surface area contributed by atoms with Crippen molar-refractivity contribution in [3.8, 4) is 0 Å². The molecule has 4 heteroatoms. The molecule has 1 heterocycles. The fourth-order valence-electron chi connectivity index (χ4n) is 2.65. The van der Waals surface area contributed by atoms with Crippen LogP contribution >= 0.6 is 0 Å². The highest BCUT2D eigenvalue weighted by Gasteiger charge is 2.15. The molecule has 1 aliphatic rings. The molecule has 0 saturated carbocycles. The number of nitrogens with zero attached hydrogens (tertiary/aromatic N) is 1. The number of unbranched alkanes of at least 4 members (excludes halogenated alkanes) is 1. The van der Waals surface area contributed by atoms with Gasteiger partial charge in [-0.05, 0) is 65.4 Å². The molecule has 0 amide bonds. The van der Waals surface area contributed by atoms with Crippen LogP contribution in [0.5, 0.6) is 0 Å². The van der Waals surface area contributed by atoms with E-state index in [-0.39, 0.29) is 0 Å². The molecule has 2 rings (SSSR count). The largest absolute Gasteiger partial charge is 0.316 e. The summed E-state index contributed by atoms with van der Waals surface area (Å²) in [6.45, 7) is 14.2. The highest BCUT2D eigenvalue weighted by Crippen LogP contribution is 2.13. The maximum Gasteiger partial charge on any atom is 0.133 e. The Hall–Kier alpha value is -1.26. The van der Waals surface area contributed by atoms with Gasteiger partial charge in [0.05, 0.1) is 0 Å². The molecule has 0 aliphatic carbocycles. The van der Waals surface area contributed by atoms with E-state index < -0.39 is 11.6 Å². The van der Waals surface area contributed by atoms with Gasteiger partial charge in [0, 0.05) is 24.2 Å². The van der Waals surface area contributed by atoms with E-state index in [9.17, 15) is 8.78 Å². The first-order chi connectivity index (χ1) is 12.9. The van der Waals surface area contributed by atoms with Gasteiger partial charge in [-0.1, -0.05) is 45.3 Å². The van der Waals surface area contributed by atoms with Crippen LogP contribution in [0, 0.1) is 11.6 Å². The lowest BCUT2D eigenvalue weighted by Gasteiger charge is -2.21. The monoisotopic (exact) mass is 382 g/mol. The molecule has 0 bridgehead atoms. The van der Waals surface area contributed by atoms with E-state index in [0.29, 0.717) is 12.1 Å². The van der Waals surface area contributed by atoms with E-state index in [1.165, 1.54) is 57.3 Å². The van der Waals surface area contributed by atoms with Gasteiger partial charge in [-0.15, -0.1) is 0 Å². The number of nitrogens with one attached hydrogen (secondary N) is 1. The molecule has 1 aromatic carbocycles. The number of halogens is 2. The van der Waals surface area contributed by atoms with Gasteiger partial charge in [0.15, 0.2) is 0 Å². The molecule has 1 N–H and O–H groups in total. The summed E-state index contributed by atoms with van der Waals surface area (Å²) < 4.78 is 25.7. The molecule has 1 aliphatic heterocycles. The molecule has 1 atom stereocenters. The Balaban J connectivity index is 0.000000444. The Kier molecular flexibility index (Phi) is 15.0. The molecule has 0 aromatic heterocycles. The van der Waals surface area contributed by atoms with Crippen molar-refractivity contribution in [1.82, 2.24) is 10.2 Å². The summed E-state index contributed by atoms with van der Waals surface area (Å²) in [5.41, 5.74) is 1.41. The van der Waals surface area contributed by atoms with Gasteiger partial charge in [-0.25, -0.2) is 8.78 Å². The van der Waals surface area contributed by atoms with E-state index in [1.54, 1.807) is 6.08 Å². The number of hydrogen-bond donors (Lipinski definition) is 1. The predicted molar refractivity (Wildman–Crippen MR) is 115 cm³/mol. The Bertz CT molecular complexity index is 521. The molecule has 1 fully saturated rings. The quantitative estimate of drug-likeness (QED) is 0.623. The standard InChI is InChI=1S/C11H13F2N.C8H17N.C4H10/c1-8(7-14-2)5-9-3-4-10(12)6-11(9)13;1-3-8(2)9-6-4-5-7-9;1-3-4-2/h3-6,14H,7H2,1-2H3;8H,3-7H2,1-2H3;3-4H2,1-2H3/b8-5+;;. The third-order valence-electron chi connectivity index (χ3n) is 4.67. The minimum Gasteiger partial charge on any atom is -0.316 e. The number of hydrogen-bond acceptors (Lipinski definition) is 2. The Morgan fingerprint density at radius 2 is 1.74 bits per heavy atom. The third-order valence-corrected chi connectivity index (χ3v) is 4.67. The van der Waals surface area contributed by atoms with E-state index in [1.807, 2.05) is 14.0 Å². The fraction of sp³-hybridized carbons (Fsp3) is 0.652. The Labute approximate surface area is 166 Å². The maximum atomic E-state index is 13.1. The minimum atomic E-state index is -0.550. The van der Waals surface area contributed by atoms with E-state index in [4.69, 9.17) is 0 Å². The predicted octanol–water partition coefficient (Wildman–Crippen LogP) is 6.27. The van der Waals surface area contributed by atoms with E-state index >= 15 is 0 Å². The summed E-state index contributed by atoms with van der Waals surface area (Å²) in [5, 5.41) is 2.95. The molecule has 0 spiro atoms. The lowest BCUT2D eigenvalue weighted by atomic mass is 10.1. The molecule has 1 saturated heterocycles. The van der Waals surface area contributed by atoms with Crippen LogP contribution in [0.2, 0.25) is 0 Å². The summed E-state index contributed by atoms with van der Waals surface area (Å²) in [7, 11) is 1.82. The van der Waals surface area contributed by atoms with Crippen LogP contribution in [0.3, 0.4) is 0 Å². The van der Waals surface area contributed by atoms with Gasteiger partial charge < -0.3 is 10.2 Å². The normalized spacial score (nSPS) is 15.5. The lowest BCUT2D eigenvalue weighted by molar-refractivity contribution is 0.253. The fourth-order valence-corrected chi connectivity index (χ4v) is 2.65. The first kappa shape index (κ1) is 25.7. The van der Waals surface area contributed by atoms with Crippen molar-refractivity contribution in [3.05, 3.63) is 41.0 Å². The zero-order valence-corrected chi connectivity index (χ0v) is 18.2. The second-order valence-corrected chi connectivity index (χ2v) is 7.19. The molecule has 27 heavy (non-hydrogen) atoms. The van der Waals surface area contributed by atoms with Crippen LogP contribution in [0.4, 0.5) is 8.78 Å². The van der Waals surface area contributed by atoms with E-state index in [0.717, 1.165) is 17.7 Å². The average molecular weight is 383 g/mol. The summed E-state index contributed by atoms with van der Waals surface area (Å²) in [6.07, 6.45) is 8.49. The first-order valence-electron chi connectivity index (χ1n) is 10.4. The summed E-state index contributed by atoms with van der Waals surface area (Å²) in [6, 6.07) is 4.40. The van der Waals surface area contributed by atoms with Gasteiger partial charge in [-0.2, -0.15) is 0 Å². The minimum absolute atomic E-state index is 0.416. The van der Waals surface area contributed by atoms with Crippen molar-refractivity contribution in [3.63, 3.8) is 0 Å². The average Bonchev–Trinajstić information content (AvgIpc) is 3.19. The van der Waals surface area contributed by atoms with Gasteiger partial charge in [-0.3, -0.25) is 0 Å². The highest BCUT2D eigenvalue weighted by molar-refractivity contribution is 5.53. The van der Waals surface area contributed by atoms with Crippen LogP contribution in [-0.2, 0) is 0 Å². The molecule has 0 radical (unpaired) electrons. The van der Waals surface area contributed by atoms with Crippen LogP contribution in [0.25, 0.3) is 6.08 Å². The van der Waals surface area contributed by atoms with Crippen LogP contribution in [-0.4, -0.2) is 37.6 Å². The van der Waals surface area contributed by atoms with Crippen molar-refractivity contribution in [1.29, 1.82) is 0 Å². The first-order valence-corrected chi connectivity index (χ1v) is 10.4. The summed E-state index contributed by atoms with van der Waals surface area (Å²) in [5.74, 6) is -1.08. The van der Waals surface area contributed by atoms with Crippen molar-refractivity contribution < 1.29 is 8.78 Å². The molecule has 1 unspecified atom stereocenters. The van der Waals surface area contributed by atoms with Crippen LogP contribution < -0.4 is 5.32 Å². The topological polar surface area (TPSA) is 15.3 Å². The molecule has 156 valence electrons. The van der Waals surface area contributed by atoms with Crippen LogP contribution in [0.15, 0.2) is 23.8 Å². The summed E-state index contributed by atoms with van der Waals surface area (Å²) >= 11 is 0. The molecule has 2 nitrogen and oxygen atoms in total. The second kappa shape index (κ2) is 15.8. The van der Waals surface area contributed by atoms with Crippen molar-refractivity contribution in [2.24, 2.45) is 0 Å². The number of likely N-dealkylation sites (tertiary alicyclic amines) is 1. The zero-order valence-electron chi connectivity index (χ0n) is 18.2. The van der Waals surface area contributed by atoms with E-state index in [2.05, 4.69) is 37.9 Å². The molecular weight excluding hydrogens is 342 g/mol. The number of benzene rings is 1. The summed E-state index contributed by atoms with van der Waals surface area (Å²) in [4.78, 5) is 2.58. The molecule has 1 aromatic rings. The zero-order chi connectivity index (χ0) is 20.7. The van der Waals surface area contributed by atoms with Gasteiger partial charge in [0.2, 0.25) is 0 Å². The van der Waals surface area contributed by atoms with Crippen LogP contribution in [0.1, 0.15) is 72.3 Å². The van der Waals surface area contributed by atoms with Gasteiger partial charge in [0.25, 0.3) is 0 Å². The van der Waals surface area contributed by atoms with Crippen molar-refractivity contribution in [2.45, 2.75) is 72.8 Å². The third kappa shape index (κ3) is 11.9. The Morgan fingerprint density at radius 1 is 1.15 bits per heavy atom. The maximum absolute atomic E-state index is 13.1. The Morgan fingerprint density at radius 3 is 2.19 bits per heavy atom. The molecular formula is C23H40F2N2. The SMILES string of the molecule is CCC(C)N1CCCC1.CCCC.CNC/C(C)=C/c1ccc(F)cc1F.